The highest BCUT2D eigenvalue weighted by Crippen LogP contribution is 2.31. The van der Waals surface area contributed by atoms with Gasteiger partial charge in [0, 0.05) is 13.1 Å². The number of piperidine rings is 1. The first-order chi connectivity index (χ1) is 14.3. The Kier molecular flexibility index (Phi) is 6.95. The van der Waals surface area contributed by atoms with Crippen LogP contribution < -0.4 is 18.9 Å². The summed E-state index contributed by atoms with van der Waals surface area (Å²) in [4.78, 5) is 20.9. The Balaban J connectivity index is 1.89. The molecule has 0 atom stereocenters. The molecule has 0 bridgehead atoms. The molecule has 1 aliphatic heterocycles. The van der Waals surface area contributed by atoms with E-state index in [1.165, 1.54) is 36.7 Å². The fraction of sp³-hybridized carbons (Fsp3) is 0.389. The van der Waals surface area contributed by atoms with Gasteiger partial charge in [-0.1, -0.05) is 24.1 Å². The number of aromatic nitrogens is 2. The average Bonchev–Trinajstić information content (AvgIpc) is 2.73. The molecule has 10 nitrogen and oxygen atoms in total. The van der Waals surface area contributed by atoms with Crippen LogP contribution in [0.1, 0.15) is 29.6 Å². The van der Waals surface area contributed by atoms with Gasteiger partial charge in [-0.05, 0) is 25.0 Å². The summed E-state index contributed by atoms with van der Waals surface area (Å²) in [5.41, 5.74) is -0.162. The molecule has 162 valence electrons. The van der Waals surface area contributed by atoms with Crippen molar-refractivity contribution in [3.8, 4) is 23.5 Å². The van der Waals surface area contributed by atoms with E-state index >= 15 is 0 Å². The Labute approximate surface area is 179 Å². The number of methoxy groups -OCH3 is 2. The number of carbonyl (C=O) groups is 1. The number of rotatable bonds is 7. The van der Waals surface area contributed by atoms with Gasteiger partial charge in [-0.2, -0.15) is 22.7 Å². The molecule has 1 amide bonds. The van der Waals surface area contributed by atoms with Crippen molar-refractivity contribution in [1.82, 2.24) is 19.0 Å². The molecule has 1 aliphatic rings. The monoisotopic (exact) mass is 456 g/mol. The second-order valence-electron chi connectivity index (χ2n) is 6.35. The zero-order valence-corrected chi connectivity index (χ0v) is 18.0. The van der Waals surface area contributed by atoms with E-state index in [2.05, 4.69) is 14.7 Å². The van der Waals surface area contributed by atoms with Crippen LogP contribution in [0.5, 0.6) is 23.5 Å². The first-order valence-corrected chi connectivity index (χ1v) is 10.9. The van der Waals surface area contributed by atoms with E-state index in [0.717, 1.165) is 19.3 Å². The van der Waals surface area contributed by atoms with Crippen molar-refractivity contribution >= 4 is 27.7 Å². The smallest absolute Gasteiger partial charge is 0.328 e. The molecule has 3 rings (SSSR count). The lowest BCUT2D eigenvalue weighted by Crippen LogP contribution is -2.45. The lowest BCUT2D eigenvalue weighted by Gasteiger charge is -2.25. The minimum absolute atomic E-state index is 0.00806. The third-order valence-corrected chi connectivity index (χ3v) is 6.16. The maximum atomic E-state index is 12.8. The molecular weight excluding hydrogens is 436 g/mol. The van der Waals surface area contributed by atoms with Gasteiger partial charge >= 0.3 is 16.2 Å². The maximum Gasteiger partial charge on any atom is 0.328 e. The topological polar surface area (TPSA) is 120 Å². The number of ether oxygens (including phenoxy) is 3. The molecule has 1 aromatic heterocycles. The zero-order valence-electron chi connectivity index (χ0n) is 16.4. The molecule has 2 heterocycles. The highest BCUT2D eigenvalue weighted by molar-refractivity contribution is 7.87. The quantitative estimate of drug-likeness (QED) is 0.674. The molecule has 1 aromatic carbocycles. The molecule has 1 N–H and O–H groups in total. The van der Waals surface area contributed by atoms with Crippen LogP contribution in [0, 0.1) is 0 Å². The molecule has 1 fully saturated rings. The predicted molar refractivity (Wildman–Crippen MR) is 108 cm³/mol. The van der Waals surface area contributed by atoms with Gasteiger partial charge in [0.2, 0.25) is 11.8 Å². The number of hydrogen-bond acceptors (Lipinski definition) is 8. The van der Waals surface area contributed by atoms with Crippen LogP contribution in [0.3, 0.4) is 0 Å². The van der Waals surface area contributed by atoms with E-state index in [-0.39, 0.29) is 34.1 Å². The fourth-order valence-corrected chi connectivity index (χ4v) is 4.34. The van der Waals surface area contributed by atoms with E-state index in [1.54, 1.807) is 6.07 Å². The van der Waals surface area contributed by atoms with Crippen LogP contribution in [-0.2, 0) is 10.2 Å². The second kappa shape index (κ2) is 9.45. The second-order valence-corrected chi connectivity index (χ2v) is 8.42. The van der Waals surface area contributed by atoms with E-state index in [1.807, 2.05) is 0 Å². The van der Waals surface area contributed by atoms with Gasteiger partial charge in [0.25, 0.3) is 5.91 Å². The summed E-state index contributed by atoms with van der Waals surface area (Å²) < 4.78 is 44.2. The van der Waals surface area contributed by atoms with Crippen molar-refractivity contribution in [3.05, 3.63) is 34.9 Å². The normalized spacial score (nSPS) is 14.8. The fourth-order valence-electron chi connectivity index (χ4n) is 2.88. The number of nitrogens with zero attached hydrogens (tertiary/aromatic N) is 3. The van der Waals surface area contributed by atoms with Crippen molar-refractivity contribution in [3.63, 3.8) is 0 Å². The van der Waals surface area contributed by atoms with E-state index in [0.29, 0.717) is 13.1 Å². The Bertz CT molecular complexity index is 1010. The molecule has 12 heteroatoms. The Morgan fingerprint density at radius 2 is 1.73 bits per heavy atom. The van der Waals surface area contributed by atoms with Crippen LogP contribution in [0.4, 0.5) is 0 Å². The van der Waals surface area contributed by atoms with E-state index < -0.39 is 16.1 Å². The van der Waals surface area contributed by atoms with Crippen molar-refractivity contribution < 1.29 is 27.4 Å². The van der Waals surface area contributed by atoms with Crippen LogP contribution >= 0.6 is 11.6 Å². The van der Waals surface area contributed by atoms with Crippen LogP contribution in [0.25, 0.3) is 0 Å². The van der Waals surface area contributed by atoms with Crippen LogP contribution in [-0.4, -0.2) is 55.9 Å². The lowest BCUT2D eigenvalue weighted by molar-refractivity contribution is 0.0976. The van der Waals surface area contributed by atoms with Gasteiger partial charge in [-0.15, -0.1) is 0 Å². The first-order valence-electron chi connectivity index (χ1n) is 9.09. The summed E-state index contributed by atoms with van der Waals surface area (Å²) in [6.45, 7) is 0.706. The molecule has 2 aromatic rings. The highest BCUT2D eigenvalue weighted by Gasteiger charge is 2.28. The summed E-state index contributed by atoms with van der Waals surface area (Å²) in [5, 5.41) is 0.00806. The Morgan fingerprint density at radius 3 is 2.33 bits per heavy atom. The minimum atomic E-state index is -4.01. The SMILES string of the molecule is COc1cc(OC)nc(Oc2cccc(Cl)c2C(=O)NS(=O)(=O)N2CCCCC2)n1. The average molecular weight is 457 g/mol. The number of benzene rings is 1. The molecule has 1 saturated heterocycles. The molecule has 30 heavy (non-hydrogen) atoms. The molecular formula is C18H21ClN4O6S. The van der Waals surface area contributed by atoms with Crippen molar-refractivity contribution in [1.29, 1.82) is 0 Å². The third-order valence-electron chi connectivity index (χ3n) is 4.36. The highest BCUT2D eigenvalue weighted by atomic mass is 35.5. The van der Waals surface area contributed by atoms with Gasteiger partial charge in [-0.25, -0.2) is 4.72 Å². The first kappa shape index (κ1) is 22.1. The third kappa shape index (κ3) is 5.10. The summed E-state index contributed by atoms with van der Waals surface area (Å²) >= 11 is 6.18. The zero-order chi connectivity index (χ0) is 21.7. The van der Waals surface area contributed by atoms with Gasteiger partial charge in [0.1, 0.15) is 11.3 Å². The van der Waals surface area contributed by atoms with Gasteiger partial charge < -0.3 is 14.2 Å². The van der Waals surface area contributed by atoms with E-state index in [4.69, 9.17) is 25.8 Å². The summed E-state index contributed by atoms with van der Waals surface area (Å²) in [7, 11) is -1.19. The number of hydrogen-bond donors (Lipinski definition) is 1. The largest absolute Gasteiger partial charge is 0.481 e. The Morgan fingerprint density at radius 1 is 1.10 bits per heavy atom. The van der Waals surface area contributed by atoms with Crippen LogP contribution in [0.15, 0.2) is 24.3 Å². The molecule has 0 spiro atoms. The molecule has 0 aliphatic carbocycles. The predicted octanol–water partition coefficient (Wildman–Crippen LogP) is 2.40. The summed E-state index contributed by atoms with van der Waals surface area (Å²) in [6, 6.07) is 5.73. The minimum Gasteiger partial charge on any atom is -0.481 e. The van der Waals surface area contributed by atoms with Gasteiger partial charge in [-0.3, -0.25) is 4.79 Å². The van der Waals surface area contributed by atoms with Crippen molar-refractivity contribution in [2.75, 3.05) is 27.3 Å². The van der Waals surface area contributed by atoms with Crippen molar-refractivity contribution in [2.24, 2.45) is 0 Å². The number of amides is 1. The standard InChI is InChI=1S/C18H21ClN4O6S/c1-27-14-11-15(28-2)21-18(20-14)29-13-8-6-7-12(19)16(13)17(24)22-30(25,26)23-9-4-3-5-10-23/h6-8,11H,3-5,9-10H2,1-2H3,(H,22,24). The molecule has 0 unspecified atom stereocenters. The number of halogens is 1. The Hall–Kier alpha value is -2.63. The van der Waals surface area contributed by atoms with Gasteiger partial charge in [0.05, 0.1) is 25.3 Å². The summed E-state index contributed by atoms with van der Waals surface area (Å²) in [6.07, 6.45) is 2.43. The lowest BCUT2D eigenvalue weighted by atomic mass is 10.2. The van der Waals surface area contributed by atoms with Gasteiger partial charge in [0.15, 0.2) is 0 Å². The maximum absolute atomic E-state index is 12.8. The van der Waals surface area contributed by atoms with Crippen LogP contribution in [0.2, 0.25) is 5.02 Å². The van der Waals surface area contributed by atoms with Crippen molar-refractivity contribution in [2.45, 2.75) is 19.3 Å². The number of nitrogens with one attached hydrogen (secondary N) is 1. The molecule has 0 radical (unpaired) electrons. The molecule has 0 saturated carbocycles. The van der Waals surface area contributed by atoms with E-state index in [9.17, 15) is 13.2 Å². The number of carbonyl (C=O) groups excluding carboxylic acids is 1. The summed E-state index contributed by atoms with van der Waals surface area (Å²) in [5.74, 6) is -0.588.